The van der Waals surface area contributed by atoms with E-state index >= 15 is 0 Å². The molecule has 0 aliphatic heterocycles. The van der Waals surface area contributed by atoms with Crippen LogP contribution in [0.5, 0.6) is 0 Å². The van der Waals surface area contributed by atoms with Gasteiger partial charge in [0.1, 0.15) is 11.2 Å². The molecule has 0 unspecified atom stereocenters. The highest BCUT2D eigenvalue weighted by atomic mass is 16.3. The van der Waals surface area contributed by atoms with Gasteiger partial charge in [0.25, 0.3) is 0 Å². The third-order valence-corrected chi connectivity index (χ3v) is 13.2. The Kier molecular flexibility index (Phi) is 8.25. The highest BCUT2D eigenvalue weighted by Crippen LogP contribution is 2.47. The van der Waals surface area contributed by atoms with E-state index in [4.69, 9.17) is 4.42 Å². The number of anilines is 3. The number of nitrogens with zero attached hydrogens (tertiary/aromatic N) is 1. The number of hydrogen-bond acceptors (Lipinski definition) is 2. The smallest absolute Gasteiger partial charge is 0.143 e. The number of hydrogen-bond donors (Lipinski definition) is 0. The maximum absolute atomic E-state index is 6.68. The molecule has 1 heterocycles. The summed E-state index contributed by atoms with van der Waals surface area (Å²) < 4.78 is 6.68. The molecule has 0 aliphatic carbocycles. The zero-order chi connectivity index (χ0) is 42.1. The number of benzene rings is 12. The third-order valence-electron chi connectivity index (χ3n) is 13.2. The van der Waals surface area contributed by atoms with Gasteiger partial charge in [-0.3, -0.25) is 0 Å². The van der Waals surface area contributed by atoms with Crippen molar-refractivity contribution in [1.82, 2.24) is 0 Å². The van der Waals surface area contributed by atoms with Crippen LogP contribution >= 0.6 is 0 Å². The highest BCUT2D eigenvalue weighted by Gasteiger charge is 2.22. The molecule has 0 radical (unpaired) electrons. The first-order valence-electron chi connectivity index (χ1n) is 22.0. The topological polar surface area (TPSA) is 16.4 Å². The van der Waals surface area contributed by atoms with Crippen LogP contribution < -0.4 is 4.90 Å². The molecule has 1 aromatic heterocycles. The van der Waals surface area contributed by atoms with Gasteiger partial charge in [-0.2, -0.15) is 0 Å². The summed E-state index contributed by atoms with van der Waals surface area (Å²) in [5, 5.41) is 14.3. The van der Waals surface area contributed by atoms with Crippen LogP contribution in [0.2, 0.25) is 0 Å². The van der Waals surface area contributed by atoms with E-state index in [9.17, 15) is 0 Å². The van der Waals surface area contributed by atoms with Gasteiger partial charge in [0.15, 0.2) is 0 Å². The second-order valence-electron chi connectivity index (χ2n) is 16.8. The Morgan fingerprint density at radius 2 is 0.844 bits per heavy atom. The van der Waals surface area contributed by atoms with Crippen molar-refractivity contribution in [2.45, 2.75) is 0 Å². The van der Waals surface area contributed by atoms with Crippen molar-refractivity contribution in [2.24, 2.45) is 0 Å². The van der Waals surface area contributed by atoms with Crippen molar-refractivity contribution in [3.8, 4) is 33.4 Å². The largest absolute Gasteiger partial charge is 0.455 e. The Bertz CT molecular complexity index is 3970. The molecule has 0 fully saturated rings. The van der Waals surface area contributed by atoms with Crippen molar-refractivity contribution in [3.63, 3.8) is 0 Å². The predicted molar refractivity (Wildman–Crippen MR) is 272 cm³/mol. The van der Waals surface area contributed by atoms with E-state index in [0.717, 1.165) is 50.0 Å². The first-order valence-corrected chi connectivity index (χ1v) is 22.0. The summed E-state index contributed by atoms with van der Waals surface area (Å²) in [7, 11) is 0. The van der Waals surface area contributed by atoms with Gasteiger partial charge in [0, 0.05) is 33.2 Å². The minimum absolute atomic E-state index is 0.869. The number of fused-ring (bicyclic) bond motifs is 10. The lowest BCUT2D eigenvalue weighted by molar-refractivity contribution is 0.672. The second-order valence-corrected chi connectivity index (χ2v) is 16.8. The molecule has 0 N–H and O–H groups in total. The molecule has 0 saturated heterocycles. The zero-order valence-corrected chi connectivity index (χ0v) is 34.9. The van der Waals surface area contributed by atoms with E-state index in [2.05, 4.69) is 241 Å². The summed E-state index contributed by atoms with van der Waals surface area (Å²) in [6.07, 6.45) is 0. The fraction of sp³-hybridized carbons (Fsp3) is 0. The molecule has 2 nitrogen and oxygen atoms in total. The van der Waals surface area contributed by atoms with Crippen LogP contribution in [0.3, 0.4) is 0 Å². The zero-order valence-electron chi connectivity index (χ0n) is 34.9. The Hall–Kier alpha value is -8.46. The van der Waals surface area contributed by atoms with Crippen molar-refractivity contribution >= 4 is 92.9 Å². The fourth-order valence-corrected chi connectivity index (χ4v) is 10.1. The Morgan fingerprint density at radius 3 is 1.67 bits per heavy atom. The van der Waals surface area contributed by atoms with E-state index in [-0.39, 0.29) is 0 Å². The SMILES string of the molecule is c1ccc(-c2cc(N(c3cc(-c4cc5ccccc5c5ccccc45)c4ccccc4c3)c3ccc4oc5c6ccccc6ccc5c4c3)ccc2-c2ccc3ccccc3c2)cc1. The van der Waals surface area contributed by atoms with Gasteiger partial charge in [-0.1, -0.05) is 176 Å². The van der Waals surface area contributed by atoms with Gasteiger partial charge in [-0.25, -0.2) is 0 Å². The summed E-state index contributed by atoms with van der Waals surface area (Å²) in [5.74, 6) is 0. The van der Waals surface area contributed by atoms with Crippen LogP contribution in [0.4, 0.5) is 17.1 Å². The van der Waals surface area contributed by atoms with E-state index < -0.39 is 0 Å². The summed E-state index contributed by atoms with van der Waals surface area (Å²) in [6, 6.07) is 86.3. The first-order chi connectivity index (χ1) is 31.7. The van der Waals surface area contributed by atoms with Crippen LogP contribution in [0.25, 0.3) is 109 Å². The molecular formula is C62H39NO. The average molecular weight is 814 g/mol. The summed E-state index contributed by atoms with van der Waals surface area (Å²) in [6.45, 7) is 0. The normalized spacial score (nSPS) is 11.8. The summed E-state index contributed by atoms with van der Waals surface area (Å²) in [5.41, 5.74) is 12.1. The molecule has 0 atom stereocenters. The van der Waals surface area contributed by atoms with Crippen LogP contribution in [-0.2, 0) is 0 Å². The number of rotatable bonds is 6. The van der Waals surface area contributed by atoms with Crippen molar-refractivity contribution in [2.75, 3.05) is 4.90 Å². The quantitative estimate of drug-likeness (QED) is 0.156. The van der Waals surface area contributed by atoms with Gasteiger partial charge in [-0.05, 0) is 143 Å². The minimum Gasteiger partial charge on any atom is -0.455 e. The predicted octanol–water partition coefficient (Wildman–Crippen LogP) is 17.8. The van der Waals surface area contributed by atoms with Gasteiger partial charge >= 0.3 is 0 Å². The highest BCUT2D eigenvalue weighted by molar-refractivity contribution is 6.18. The van der Waals surface area contributed by atoms with Crippen LogP contribution in [0.1, 0.15) is 0 Å². The lowest BCUT2D eigenvalue weighted by atomic mass is 9.90. The van der Waals surface area contributed by atoms with Crippen LogP contribution in [0, 0.1) is 0 Å². The molecule has 0 amide bonds. The lowest BCUT2D eigenvalue weighted by Crippen LogP contribution is -2.10. The average Bonchev–Trinajstić information content (AvgIpc) is 3.75. The Morgan fingerprint density at radius 1 is 0.250 bits per heavy atom. The van der Waals surface area contributed by atoms with E-state index in [1.54, 1.807) is 0 Å². The molecule has 0 bridgehead atoms. The molecule has 0 aliphatic rings. The second kappa shape index (κ2) is 14.6. The Labute approximate surface area is 370 Å². The first kappa shape index (κ1) is 36.2. The third kappa shape index (κ3) is 5.88. The monoisotopic (exact) mass is 813 g/mol. The molecule has 0 spiro atoms. The summed E-state index contributed by atoms with van der Waals surface area (Å²) in [4.78, 5) is 2.44. The molecule has 12 aromatic carbocycles. The molecule has 13 rings (SSSR count). The molecular weight excluding hydrogens is 775 g/mol. The van der Waals surface area contributed by atoms with E-state index in [1.807, 2.05) is 0 Å². The van der Waals surface area contributed by atoms with Gasteiger partial charge in [-0.15, -0.1) is 0 Å². The minimum atomic E-state index is 0.869. The maximum Gasteiger partial charge on any atom is 0.143 e. The standard InChI is InChI=1S/C62H39NO/c1-2-15-41(16-3-1)57-37-47(29-32-52(57)46-27-26-40-14-4-5-18-43(40)34-46)63(48-30-33-61-60(38-48)56-31-28-42-17-6-11-23-53(42)62(56)64-61)49-35-44-19-7-10-22-51(44)59(39-49)58-36-45-20-8-9-21-50(45)54-24-12-13-25-55(54)58/h1-39H. The molecule has 298 valence electrons. The van der Waals surface area contributed by atoms with Crippen molar-refractivity contribution < 1.29 is 4.42 Å². The van der Waals surface area contributed by atoms with Crippen LogP contribution in [0.15, 0.2) is 241 Å². The van der Waals surface area contributed by atoms with Crippen LogP contribution in [-0.4, -0.2) is 0 Å². The van der Waals surface area contributed by atoms with Crippen molar-refractivity contribution in [1.29, 1.82) is 0 Å². The maximum atomic E-state index is 6.68. The molecule has 64 heavy (non-hydrogen) atoms. The lowest BCUT2D eigenvalue weighted by Gasteiger charge is -2.28. The molecule has 13 aromatic rings. The fourth-order valence-electron chi connectivity index (χ4n) is 10.1. The van der Waals surface area contributed by atoms with E-state index in [1.165, 1.54) is 76.3 Å². The molecule has 0 saturated carbocycles. The molecule has 2 heteroatoms. The van der Waals surface area contributed by atoms with Gasteiger partial charge in [0.2, 0.25) is 0 Å². The van der Waals surface area contributed by atoms with Gasteiger partial charge < -0.3 is 9.32 Å². The number of furan rings is 1. The van der Waals surface area contributed by atoms with Crippen molar-refractivity contribution in [3.05, 3.63) is 237 Å². The summed E-state index contributed by atoms with van der Waals surface area (Å²) >= 11 is 0. The Balaban J connectivity index is 1.09. The van der Waals surface area contributed by atoms with E-state index in [0.29, 0.717) is 0 Å². The van der Waals surface area contributed by atoms with Gasteiger partial charge in [0.05, 0.1) is 0 Å².